The maximum absolute atomic E-state index is 5.68. The number of benzene rings is 1. The number of hydrogen-bond acceptors (Lipinski definition) is 3. The first-order chi connectivity index (χ1) is 7.24. The van der Waals surface area contributed by atoms with Crippen molar-refractivity contribution in [2.24, 2.45) is 0 Å². The third-order valence-electron chi connectivity index (χ3n) is 1.72. The molecular weight excluding hydrogens is 324 g/mol. The van der Waals surface area contributed by atoms with E-state index in [-0.39, 0.29) is 5.28 Å². The highest BCUT2D eigenvalue weighted by Crippen LogP contribution is 2.17. The Balaban J connectivity index is 2.22. The average Bonchev–Trinajstić information content (AvgIpc) is 2.17. The molecule has 0 spiro atoms. The molecule has 3 nitrogen and oxygen atoms in total. The van der Waals surface area contributed by atoms with Crippen molar-refractivity contribution in [1.29, 1.82) is 0 Å². The predicted octanol–water partition coefficient (Wildman–Crippen LogP) is 3.48. The fourth-order valence-corrected chi connectivity index (χ4v) is 1.81. The maximum atomic E-state index is 5.68. The molecule has 1 N–H and O–H groups in total. The molecule has 1 heterocycles. The molecule has 1 aromatic heterocycles. The summed E-state index contributed by atoms with van der Waals surface area (Å²) < 4.78 is 1.16. The van der Waals surface area contributed by atoms with Gasteiger partial charge in [-0.3, -0.25) is 0 Å². The van der Waals surface area contributed by atoms with E-state index in [1.807, 2.05) is 24.3 Å². The normalized spacial score (nSPS) is 10.0. The topological polar surface area (TPSA) is 37.8 Å². The molecule has 2 aromatic rings. The zero-order valence-electron chi connectivity index (χ0n) is 7.61. The highest BCUT2D eigenvalue weighted by molar-refractivity contribution is 14.1. The Morgan fingerprint density at radius 2 is 2.13 bits per heavy atom. The van der Waals surface area contributed by atoms with Crippen molar-refractivity contribution < 1.29 is 0 Å². The Kier molecular flexibility index (Phi) is 3.37. The van der Waals surface area contributed by atoms with Gasteiger partial charge in [0.15, 0.2) is 0 Å². The summed E-state index contributed by atoms with van der Waals surface area (Å²) in [6.07, 6.45) is 1.62. The molecule has 0 saturated heterocycles. The standard InChI is InChI=1S/C10H7ClIN3/c11-10-13-5-4-9(15-10)14-8-3-1-2-7(12)6-8/h1-6H,(H,13,14,15). The van der Waals surface area contributed by atoms with Gasteiger partial charge in [-0.15, -0.1) is 0 Å². The molecule has 0 aliphatic rings. The first kappa shape index (κ1) is 10.6. The Bertz CT molecular complexity index is 432. The highest BCUT2D eigenvalue weighted by atomic mass is 127. The first-order valence-electron chi connectivity index (χ1n) is 4.25. The summed E-state index contributed by atoms with van der Waals surface area (Å²) in [6.45, 7) is 0. The Labute approximate surface area is 106 Å². The molecule has 0 saturated carbocycles. The van der Waals surface area contributed by atoms with Crippen LogP contribution in [0.2, 0.25) is 5.28 Å². The van der Waals surface area contributed by atoms with Gasteiger partial charge in [0, 0.05) is 15.5 Å². The first-order valence-corrected chi connectivity index (χ1v) is 5.71. The van der Waals surface area contributed by atoms with Gasteiger partial charge in [0.05, 0.1) is 0 Å². The molecule has 1 aromatic carbocycles. The molecule has 0 aliphatic carbocycles. The van der Waals surface area contributed by atoms with E-state index in [1.54, 1.807) is 12.3 Å². The number of anilines is 2. The number of hydrogen-bond donors (Lipinski definition) is 1. The zero-order valence-corrected chi connectivity index (χ0v) is 10.5. The molecule has 15 heavy (non-hydrogen) atoms. The Morgan fingerprint density at radius 1 is 1.27 bits per heavy atom. The molecule has 0 amide bonds. The number of halogens is 2. The van der Waals surface area contributed by atoms with Gasteiger partial charge in [-0.05, 0) is 58.5 Å². The minimum atomic E-state index is 0.241. The van der Waals surface area contributed by atoms with Crippen LogP contribution in [0.3, 0.4) is 0 Å². The quantitative estimate of drug-likeness (QED) is 0.676. The summed E-state index contributed by atoms with van der Waals surface area (Å²) in [5, 5.41) is 3.39. The summed E-state index contributed by atoms with van der Waals surface area (Å²) in [7, 11) is 0. The van der Waals surface area contributed by atoms with Crippen LogP contribution in [0, 0.1) is 3.57 Å². The van der Waals surface area contributed by atoms with Crippen molar-refractivity contribution in [3.05, 3.63) is 45.4 Å². The zero-order chi connectivity index (χ0) is 10.7. The largest absolute Gasteiger partial charge is 0.340 e. The lowest BCUT2D eigenvalue weighted by atomic mass is 10.3. The fraction of sp³-hybridized carbons (Fsp3) is 0. The number of aromatic nitrogens is 2. The van der Waals surface area contributed by atoms with Gasteiger partial charge < -0.3 is 5.32 Å². The van der Waals surface area contributed by atoms with E-state index in [4.69, 9.17) is 11.6 Å². The van der Waals surface area contributed by atoms with Gasteiger partial charge in [-0.1, -0.05) is 6.07 Å². The SMILES string of the molecule is Clc1nccc(Nc2cccc(I)c2)n1. The monoisotopic (exact) mass is 331 g/mol. The summed E-state index contributed by atoms with van der Waals surface area (Å²) in [5.74, 6) is 0.692. The van der Waals surface area contributed by atoms with Crippen LogP contribution in [0.4, 0.5) is 11.5 Å². The van der Waals surface area contributed by atoms with Crippen LogP contribution in [0.1, 0.15) is 0 Å². The van der Waals surface area contributed by atoms with Gasteiger partial charge in [-0.25, -0.2) is 9.97 Å². The lowest BCUT2D eigenvalue weighted by Gasteiger charge is -2.05. The van der Waals surface area contributed by atoms with Crippen LogP contribution in [-0.2, 0) is 0 Å². The number of rotatable bonds is 2. The second kappa shape index (κ2) is 4.76. The maximum Gasteiger partial charge on any atom is 0.224 e. The van der Waals surface area contributed by atoms with Crippen molar-refractivity contribution in [3.63, 3.8) is 0 Å². The van der Waals surface area contributed by atoms with Crippen LogP contribution in [0.5, 0.6) is 0 Å². The number of nitrogens with one attached hydrogen (secondary N) is 1. The van der Waals surface area contributed by atoms with E-state index in [2.05, 4.69) is 37.9 Å². The third kappa shape index (κ3) is 3.04. The summed E-state index contributed by atoms with van der Waals surface area (Å²) in [4.78, 5) is 7.85. The lowest BCUT2D eigenvalue weighted by Crippen LogP contribution is -1.94. The van der Waals surface area contributed by atoms with Gasteiger partial charge in [0.1, 0.15) is 5.82 Å². The second-order valence-corrected chi connectivity index (χ2v) is 4.43. The molecule has 0 atom stereocenters. The van der Waals surface area contributed by atoms with E-state index in [1.165, 1.54) is 0 Å². The second-order valence-electron chi connectivity index (χ2n) is 2.85. The molecule has 2 rings (SSSR count). The van der Waals surface area contributed by atoms with Crippen molar-refractivity contribution >= 4 is 45.7 Å². The molecule has 0 bridgehead atoms. The van der Waals surface area contributed by atoms with Crippen molar-refractivity contribution in [2.45, 2.75) is 0 Å². The highest BCUT2D eigenvalue weighted by Gasteiger charge is 1.97. The van der Waals surface area contributed by atoms with E-state index in [9.17, 15) is 0 Å². The van der Waals surface area contributed by atoms with Crippen LogP contribution < -0.4 is 5.32 Å². The summed E-state index contributed by atoms with van der Waals surface area (Å²) >= 11 is 7.93. The third-order valence-corrected chi connectivity index (χ3v) is 2.58. The van der Waals surface area contributed by atoms with Crippen molar-refractivity contribution in [2.75, 3.05) is 5.32 Å². The summed E-state index contributed by atoms with van der Waals surface area (Å²) in [5.41, 5.74) is 0.983. The van der Waals surface area contributed by atoms with Gasteiger partial charge in [0.25, 0.3) is 0 Å². The van der Waals surface area contributed by atoms with Gasteiger partial charge >= 0.3 is 0 Å². The molecule has 0 aliphatic heterocycles. The smallest absolute Gasteiger partial charge is 0.224 e. The Hall–Kier alpha value is -0.880. The molecule has 0 radical (unpaired) electrons. The van der Waals surface area contributed by atoms with E-state index in [0.717, 1.165) is 9.26 Å². The van der Waals surface area contributed by atoms with Crippen LogP contribution in [-0.4, -0.2) is 9.97 Å². The van der Waals surface area contributed by atoms with Crippen LogP contribution >= 0.6 is 34.2 Å². The molecule has 76 valence electrons. The van der Waals surface area contributed by atoms with E-state index in [0.29, 0.717) is 5.82 Å². The minimum absolute atomic E-state index is 0.241. The lowest BCUT2D eigenvalue weighted by molar-refractivity contribution is 1.17. The summed E-state index contributed by atoms with van der Waals surface area (Å²) in [6, 6.07) is 9.77. The van der Waals surface area contributed by atoms with Gasteiger partial charge in [-0.2, -0.15) is 0 Å². The van der Waals surface area contributed by atoms with Gasteiger partial charge in [0.2, 0.25) is 5.28 Å². The van der Waals surface area contributed by atoms with Crippen LogP contribution in [0.15, 0.2) is 36.5 Å². The van der Waals surface area contributed by atoms with E-state index < -0.39 is 0 Å². The average molecular weight is 332 g/mol. The van der Waals surface area contributed by atoms with E-state index >= 15 is 0 Å². The molecule has 5 heteroatoms. The fourth-order valence-electron chi connectivity index (χ4n) is 1.12. The van der Waals surface area contributed by atoms with Crippen LogP contribution in [0.25, 0.3) is 0 Å². The van der Waals surface area contributed by atoms with Crippen molar-refractivity contribution in [3.8, 4) is 0 Å². The Morgan fingerprint density at radius 3 is 2.87 bits per heavy atom. The molecule has 0 unspecified atom stereocenters. The molecular formula is C10H7ClIN3. The molecule has 0 fully saturated rings. The predicted molar refractivity (Wildman–Crippen MR) is 69.5 cm³/mol. The minimum Gasteiger partial charge on any atom is -0.340 e. The number of nitrogens with zero attached hydrogens (tertiary/aromatic N) is 2. The van der Waals surface area contributed by atoms with Crippen molar-refractivity contribution in [1.82, 2.24) is 9.97 Å².